The monoisotopic (exact) mass is 506 g/mol. The molecule has 0 radical (unpaired) electrons. The fraction of sp³-hybridized carbons (Fsp3) is 0.250. The summed E-state index contributed by atoms with van der Waals surface area (Å²) in [5.41, 5.74) is 0.798. The molecule has 1 heterocycles. The molecule has 0 saturated carbocycles. The highest BCUT2D eigenvalue weighted by atomic mass is 16.7. The van der Waals surface area contributed by atoms with Gasteiger partial charge in [-0.3, -0.25) is 0 Å². The molecule has 0 aromatic heterocycles. The number of hydrogen-bond acceptors (Lipinski definition) is 9. The van der Waals surface area contributed by atoms with Gasteiger partial charge in [0.1, 0.15) is 18.8 Å². The van der Waals surface area contributed by atoms with Crippen molar-refractivity contribution in [3.05, 3.63) is 108 Å². The first-order valence-corrected chi connectivity index (χ1v) is 11.6. The predicted molar refractivity (Wildman–Crippen MR) is 130 cm³/mol. The van der Waals surface area contributed by atoms with Gasteiger partial charge in [0.25, 0.3) is 0 Å². The highest BCUT2D eigenvalue weighted by Gasteiger charge is 2.50. The number of hydrogen-bond donors (Lipinski definition) is 1. The summed E-state index contributed by atoms with van der Waals surface area (Å²) >= 11 is 0. The van der Waals surface area contributed by atoms with Crippen molar-refractivity contribution in [1.29, 1.82) is 0 Å². The number of esters is 3. The summed E-state index contributed by atoms with van der Waals surface area (Å²) in [5, 5.41) is 11.1. The predicted octanol–water partition coefficient (Wildman–Crippen LogP) is 3.03. The van der Waals surface area contributed by atoms with Crippen LogP contribution in [0.25, 0.3) is 0 Å². The van der Waals surface area contributed by atoms with E-state index < -0.39 is 48.6 Å². The van der Waals surface area contributed by atoms with Crippen molar-refractivity contribution >= 4 is 17.9 Å². The molecular weight excluding hydrogens is 480 g/mol. The van der Waals surface area contributed by atoms with Gasteiger partial charge in [-0.1, -0.05) is 54.6 Å². The molecule has 37 heavy (non-hydrogen) atoms. The number of rotatable bonds is 8. The number of methoxy groups -OCH3 is 1. The molecule has 1 N–H and O–H groups in total. The van der Waals surface area contributed by atoms with E-state index in [0.717, 1.165) is 0 Å². The summed E-state index contributed by atoms with van der Waals surface area (Å²) in [7, 11) is 1.31. The van der Waals surface area contributed by atoms with Crippen molar-refractivity contribution in [2.75, 3.05) is 13.7 Å². The zero-order chi connectivity index (χ0) is 26.2. The molecule has 4 rings (SSSR count). The minimum absolute atomic E-state index is 0.232. The van der Waals surface area contributed by atoms with Crippen LogP contribution in [0.15, 0.2) is 91.0 Å². The van der Waals surface area contributed by atoms with Crippen LogP contribution in [0.5, 0.6) is 0 Å². The van der Waals surface area contributed by atoms with E-state index in [1.807, 2.05) is 0 Å². The molecule has 0 aliphatic carbocycles. The maximum Gasteiger partial charge on any atom is 0.338 e. The Morgan fingerprint density at radius 3 is 1.59 bits per heavy atom. The van der Waals surface area contributed by atoms with Crippen molar-refractivity contribution in [2.45, 2.75) is 30.7 Å². The highest BCUT2D eigenvalue weighted by molar-refractivity contribution is 5.90. The molecule has 1 aliphatic heterocycles. The Morgan fingerprint density at radius 1 is 0.703 bits per heavy atom. The minimum atomic E-state index is -1.52. The van der Waals surface area contributed by atoms with Gasteiger partial charge in [0.2, 0.25) is 0 Å². The Bertz CT molecular complexity index is 1180. The Labute approximate surface area is 213 Å². The molecule has 2 unspecified atom stereocenters. The lowest BCUT2D eigenvalue weighted by Crippen LogP contribution is -2.61. The largest absolute Gasteiger partial charge is 0.459 e. The van der Waals surface area contributed by atoms with Crippen LogP contribution in [0.3, 0.4) is 0 Å². The lowest BCUT2D eigenvalue weighted by molar-refractivity contribution is -0.292. The van der Waals surface area contributed by atoms with E-state index in [2.05, 4.69) is 0 Å². The number of benzene rings is 3. The third-order valence-electron chi connectivity index (χ3n) is 5.74. The lowest BCUT2D eigenvalue weighted by atomic mass is 9.98. The third kappa shape index (κ3) is 6.39. The van der Waals surface area contributed by atoms with Crippen molar-refractivity contribution in [2.24, 2.45) is 0 Å². The average Bonchev–Trinajstić information content (AvgIpc) is 2.95. The second-order valence-corrected chi connectivity index (χ2v) is 8.21. The van der Waals surface area contributed by atoms with E-state index in [-0.39, 0.29) is 17.7 Å². The molecular formula is C28H26O9. The second kappa shape index (κ2) is 12.3. The SMILES string of the molecule is CO[C@H]1OC(COC(=O)c2ccccc2)[C@@H](O)[C@H](OC(=O)c2ccccc2)C1OC(=O)c1ccccc1. The van der Waals surface area contributed by atoms with E-state index in [9.17, 15) is 19.5 Å². The van der Waals surface area contributed by atoms with Crippen LogP contribution < -0.4 is 0 Å². The second-order valence-electron chi connectivity index (χ2n) is 8.21. The van der Waals surface area contributed by atoms with Gasteiger partial charge < -0.3 is 28.8 Å². The zero-order valence-electron chi connectivity index (χ0n) is 20.0. The Kier molecular flexibility index (Phi) is 8.63. The molecule has 5 atom stereocenters. The topological polar surface area (TPSA) is 118 Å². The van der Waals surface area contributed by atoms with Gasteiger partial charge in [-0.05, 0) is 36.4 Å². The first-order valence-electron chi connectivity index (χ1n) is 11.6. The van der Waals surface area contributed by atoms with Crippen LogP contribution in [0.1, 0.15) is 31.1 Å². The van der Waals surface area contributed by atoms with Crippen molar-refractivity contribution < 1.29 is 43.2 Å². The molecule has 0 bridgehead atoms. The summed E-state index contributed by atoms with van der Waals surface area (Å²) < 4.78 is 27.7. The summed E-state index contributed by atoms with van der Waals surface area (Å²) in [6.07, 6.45) is -6.60. The van der Waals surface area contributed by atoms with Gasteiger partial charge in [0.15, 0.2) is 18.5 Å². The number of aliphatic hydroxyl groups is 1. The average molecular weight is 507 g/mol. The van der Waals surface area contributed by atoms with Crippen LogP contribution >= 0.6 is 0 Å². The molecule has 3 aromatic rings. The van der Waals surface area contributed by atoms with Gasteiger partial charge in [-0.25, -0.2) is 14.4 Å². The number of carbonyl (C=O) groups is 3. The van der Waals surface area contributed by atoms with Crippen LogP contribution in [0.4, 0.5) is 0 Å². The van der Waals surface area contributed by atoms with Gasteiger partial charge in [-0.15, -0.1) is 0 Å². The lowest BCUT2D eigenvalue weighted by Gasteiger charge is -2.42. The first kappa shape index (κ1) is 26.0. The van der Waals surface area contributed by atoms with E-state index >= 15 is 0 Å². The molecule has 1 fully saturated rings. The van der Waals surface area contributed by atoms with Crippen LogP contribution in [0.2, 0.25) is 0 Å². The molecule has 1 saturated heterocycles. The highest BCUT2D eigenvalue weighted by Crippen LogP contribution is 2.28. The van der Waals surface area contributed by atoms with Crippen molar-refractivity contribution in [1.82, 2.24) is 0 Å². The summed E-state index contributed by atoms with van der Waals surface area (Å²) in [6, 6.07) is 24.7. The van der Waals surface area contributed by atoms with E-state index in [0.29, 0.717) is 5.56 Å². The molecule has 1 aliphatic rings. The van der Waals surface area contributed by atoms with Crippen LogP contribution in [0, 0.1) is 0 Å². The van der Waals surface area contributed by atoms with Crippen molar-refractivity contribution in [3.63, 3.8) is 0 Å². The molecule has 192 valence electrons. The summed E-state index contributed by atoms with van der Waals surface area (Å²) in [6.45, 7) is -0.368. The number of ether oxygens (including phenoxy) is 5. The Hall–Kier alpha value is -4.05. The third-order valence-corrected chi connectivity index (χ3v) is 5.74. The standard InChI is InChI=1S/C28H26O9/c1-33-28-24(37-27(32)20-15-9-4-10-16-20)23(36-26(31)19-13-7-3-8-14-19)22(29)21(35-28)17-34-25(30)18-11-5-2-6-12-18/h2-16,21-24,28-29H,17H2,1H3/t21?,22-,23+,24?,28+/m1/s1. The zero-order valence-corrected chi connectivity index (χ0v) is 20.0. The van der Waals surface area contributed by atoms with E-state index in [1.165, 1.54) is 7.11 Å². The van der Waals surface area contributed by atoms with E-state index in [1.54, 1.807) is 91.0 Å². The fourth-order valence-corrected chi connectivity index (χ4v) is 3.83. The summed E-state index contributed by atoms with van der Waals surface area (Å²) in [5.74, 6) is -2.10. The van der Waals surface area contributed by atoms with Gasteiger partial charge in [0.05, 0.1) is 16.7 Å². The molecule has 9 heteroatoms. The maximum absolute atomic E-state index is 12.9. The maximum atomic E-state index is 12.9. The number of aliphatic hydroxyl groups excluding tert-OH is 1. The number of carbonyl (C=O) groups excluding carboxylic acids is 3. The van der Waals surface area contributed by atoms with E-state index in [4.69, 9.17) is 23.7 Å². The van der Waals surface area contributed by atoms with Crippen molar-refractivity contribution in [3.8, 4) is 0 Å². The first-order chi connectivity index (χ1) is 18.0. The smallest absolute Gasteiger partial charge is 0.338 e. The van der Waals surface area contributed by atoms with Gasteiger partial charge >= 0.3 is 17.9 Å². The quantitative estimate of drug-likeness (QED) is 0.363. The van der Waals surface area contributed by atoms with Crippen LogP contribution in [-0.2, 0) is 23.7 Å². The normalized spacial score (nSPS) is 23.0. The summed E-state index contributed by atoms with van der Waals surface area (Å²) in [4.78, 5) is 38.1. The molecule has 9 nitrogen and oxygen atoms in total. The van der Waals surface area contributed by atoms with Crippen LogP contribution in [-0.4, -0.2) is 67.4 Å². The van der Waals surface area contributed by atoms with Gasteiger partial charge in [-0.2, -0.15) is 0 Å². The minimum Gasteiger partial charge on any atom is -0.459 e. The molecule has 0 amide bonds. The fourth-order valence-electron chi connectivity index (χ4n) is 3.83. The van der Waals surface area contributed by atoms with Gasteiger partial charge in [0, 0.05) is 7.11 Å². The Balaban J connectivity index is 1.55. The molecule has 3 aromatic carbocycles. The Morgan fingerprint density at radius 2 is 1.14 bits per heavy atom. The molecule has 0 spiro atoms.